The molecule has 0 saturated carbocycles. The Kier molecular flexibility index (Phi) is 24.0. The first kappa shape index (κ1) is 10.2. The van der Waals surface area contributed by atoms with E-state index in [-0.39, 0.29) is 11.9 Å². The van der Waals surface area contributed by atoms with Gasteiger partial charge < -0.3 is 5.11 Å². The third-order valence-corrected chi connectivity index (χ3v) is 0.0913. The van der Waals surface area contributed by atoms with Gasteiger partial charge in [0.15, 0.2) is 0 Å². The zero-order valence-electron chi connectivity index (χ0n) is 3.69. The third kappa shape index (κ3) is 84.7. The lowest BCUT2D eigenvalue weighted by molar-refractivity contribution is 0.351. The third-order valence-electron chi connectivity index (χ3n) is 0.0913. The molecule has 0 fully saturated rings. The predicted octanol–water partition coefficient (Wildman–Crippen LogP) is 1.03. The van der Waals surface area contributed by atoms with Crippen LogP contribution in [0.3, 0.4) is 0 Å². The van der Waals surface area contributed by atoms with Crippen molar-refractivity contribution in [1.29, 1.82) is 0 Å². The molecule has 0 aliphatic rings. The summed E-state index contributed by atoms with van der Waals surface area (Å²) in [6.45, 7) is -0.153. The largest absolute Gasteiger partial charge is 0.384 e. The van der Waals surface area contributed by atoms with Crippen LogP contribution in [0.25, 0.3) is 0 Å². The zero-order chi connectivity index (χ0) is 6.12. The van der Waals surface area contributed by atoms with Crippen molar-refractivity contribution in [2.45, 2.75) is 0 Å². The molecule has 0 radical (unpaired) electrons. The summed E-state index contributed by atoms with van der Waals surface area (Å²) in [7, 11) is 0. The van der Waals surface area contributed by atoms with E-state index in [0.29, 0.717) is 0 Å². The molecule has 3 heteroatoms. The van der Waals surface area contributed by atoms with Crippen molar-refractivity contribution in [2.24, 2.45) is 0 Å². The highest BCUT2D eigenvalue weighted by Gasteiger charge is 1.43. The molecule has 0 amide bonds. The molecule has 1 nitrogen and oxygen atoms in total. The predicted molar refractivity (Wildman–Crippen MR) is 32.5 cm³/mol. The Morgan fingerprint density at radius 3 is 1.71 bits per heavy atom. The van der Waals surface area contributed by atoms with E-state index in [1.165, 1.54) is 0 Å². The maximum atomic E-state index is 7.64. The van der Waals surface area contributed by atoms with E-state index in [1.54, 1.807) is 0 Å². The summed E-state index contributed by atoms with van der Waals surface area (Å²) in [5.41, 5.74) is 0. The number of hydrogen-bond donors (Lipinski definition) is 1. The molecule has 0 aliphatic carbocycles. The smallest absolute Gasteiger partial charge is 0.103 e. The lowest BCUT2D eigenvalue weighted by Crippen LogP contribution is -1.64. The van der Waals surface area contributed by atoms with Gasteiger partial charge in [0.2, 0.25) is 0 Å². The molecule has 1 N–H and O–H groups in total. The summed E-state index contributed by atoms with van der Waals surface area (Å²) in [4.78, 5) is 0. The first-order valence-corrected chi connectivity index (χ1v) is 2.56. The molecule has 0 unspecified atom stereocenters. The first-order chi connectivity index (χ1) is 3.33. The van der Waals surface area contributed by atoms with Gasteiger partial charge in [-0.05, 0) is 0 Å². The minimum Gasteiger partial charge on any atom is -0.384 e. The number of terminal acetylenes is 1. The second-order valence-corrected chi connectivity index (χ2v) is 1.27. The molecule has 42 valence electrons. The Balaban J connectivity index is 0. The summed E-state index contributed by atoms with van der Waals surface area (Å²) in [5.74, 6) is 1.99. The van der Waals surface area contributed by atoms with Crippen LogP contribution in [0.5, 0.6) is 0 Å². The molecular formula is C4H6Cl2O. The fourth-order valence-electron chi connectivity index (χ4n) is 0. The second kappa shape index (κ2) is 16.5. The average Bonchev–Trinajstić information content (AvgIpc) is 1.69. The quantitative estimate of drug-likeness (QED) is 0.394. The molecule has 0 aromatic rings. The van der Waals surface area contributed by atoms with E-state index < -0.39 is 0 Å². The van der Waals surface area contributed by atoms with E-state index in [2.05, 4.69) is 6.42 Å². The van der Waals surface area contributed by atoms with Crippen LogP contribution in [0.4, 0.5) is 0 Å². The van der Waals surface area contributed by atoms with E-state index in [9.17, 15) is 0 Å². The van der Waals surface area contributed by atoms with Gasteiger partial charge in [-0.3, -0.25) is 0 Å². The fraction of sp³-hybridized carbons (Fsp3) is 0.500. The zero-order valence-corrected chi connectivity index (χ0v) is 5.21. The van der Waals surface area contributed by atoms with Crippen molar-refractivity contribution >= 4 is 23.2 Å². The van der Waals surface area contributed by atoms with Crippen LogP contribution in [-0.4, -0.2) is 17.1 Å². The van der Waals surface area contributed by atoms with Crippen molar-refractivity contribution in [3.05, 3.63) is 0 Å². The summed E-state index contributed by atoms with van der Waals surface area (Å²) in [5, 5.41) is 7.83. The molecule has 7 heavy (non-hydrogen) atoms. The average molecular weight is 141 g/mol. The molecule has 0 spiro atoms. The molecule has 0 aromatic carbocycles. The summed E-state index contributed by atoms with van der Waals surface area (Å²) >= 11 is 9.53. The number of rotatable bonds is 0. The van der Waals surface area contributed by atoms with Crippen LogP contribution in [0.15, 0.2) is 0 Å². The molecule has 0 heterocycles. The normalized spacial score (nSPS) is 5.43. The molecule has 0 aliphatic heterocycles. The fourth-order valence-corrected chi connectivity index (χ4v) is 0. The van der Waals surface area contributed by atoms with Crippen LogP contribution >= 0.6 is 23.2 Å². The maximum absolute atomic E-state index is 7.64. The molecular weight excluding hydrogens is 135 g/mol. The van der Waals surface area contributed by atoms with Gasteiger partial charge in [0, 0.05) is 0 Å². The summed E-state index contributed by atoms with van der Waals surface area (Å²) in [6, 6.07) is 0. The second-order valence-electron chi connectivity index (χ2n) is 0.463. The summed E-state index contributed by atoms with van der Waals surface area (Å²) in [6.07, 6.45) is 4.53. The van der Waals surface area contributed by atoms with E-state index in [0.717, 1.165) is 0 Å². The van der Waals surface area contributed by atoms with Gasteiger partial charge in [0.05, 0.1) is 5.34 Å². The van der Waals surface area contributed by atoms with Crippen molar-refractivity contribution in [3.8, 4) is 12.3 Å². The lowest BCUT2D eigenvalue weighted by Gasteiger charge is -1.55. The highest BCUT2D eigenvalue weighted by atomic mass is 35.5. The standard InChI is InChI=1S/C3H4O.CH2Cl2/c1-2-3-4;2-1-3/h1,4H,3H2;1H2. The van der Waals surface area contributed by atoms with Crippen molar-refractivity contribution in [1.82, 2.24) is 0 Å². The summed E-state index contributed by atoms with van der Waals surface area (Å²) < 4.78 is 0. The topological polar surface area (TPSA) is 20.2 Å². The highest BCUT2D eigenvalue weighted by Crippen LogP contribution is 1.73. The van der Waals surface area contributed by atoms with Gasteiger partial charge in [-0.2, -0.15) is 0 Å². The molecule has 0 rings (SSSR count). The Labute approximate surface area is 53.2 Å². The van der Waals surface area contributed by atoms with Crippen LogP contribution in [0.1, 0.15) is 0 Å². The van der Waals surface area contributed by atoms with E-state index in [1.807, 2.05) is 5.92 Å². The van der Waals surface area contributed by atoms with Crippen LogP contribution in [-0.2, 0) is 0 Å². The van der Waals surface area contributed by atoms with Gasteiger partial charge in [-0.15, -0.1) is 29.6 Å². The Bertz CT molecular complexity index is 48.1. The highest BCUT2D eigenvalue weighted by molar-refractivity contribution is 6.40. The van der Waals surface area contributed by atoms with Gasteiger partial charge in [0.25, 0.3) is 0 Å². The van der Waals surface area contributed by atoms with Gasteiger partial charge in [-0.25, -0.2) is 0 Å². The molecule has 0 atom stereocenters. The Hall–Kier alpha value is 0.100. The number of aliphatic hydroxyl groups is 1. The number of alkyl halides is 2. The maximum Gasteiger partial charge on any atom is 0.103 e. The van der Waals surface area contributed by atoms with Crippen molar-refractivity contribution in [2.75, 3.05) is 11.9 Å². The minimum atomic E-state index is -0.153. The molecule has 0 saturated heterocycles. The number of aliphatic hydroxyl groups excluding tert-OH is 1. The number of halogens is 2. The first-order valence-electron chi connectivity index (χ1n) is 1.49. The Morgan fingerprint density at radius 1 is 1.57 bits per heavy atom. The van der Waals surface area contributed by atoms with Crippen LogP contribution < -0.4 is 0 Å². The van der Waals surface area contributed by atoms with E-state index in [4.69, 9.17) is 28.3 Å². The van der Waals surface area contributed by atoms with Crippen LogP contribution in [0, 0.1) is 12.3 Å². The lowest BCUT2D eigenvalue weighted by atomic mass is 10.8. The van der Waals surface area contributed by atoms with Crippen molar-refractivity contribution in [3.63, 3.8) is 0 Å². The SMILES string of the molecule is C#CCO.ClCCl. The van der Waals surface area contributed by atoms with Crippen LogP contribution in [0.2, 0.25) is 0 Å². The monoisotopic (exact) mass is 140 g/mol. The molecule has 0 aromatic heterocycles. The van der Waals surface area contributed by atoms with Gasteiger partial charge in [-0.1, -0.05) is 5.92 Å². The van der Waals surface area contributed by atoms with Crippen molar-refractivity contribution < 1.29 is 5.11 Å². The Morgan fingerprint density at radius 2 is 1.71 bits per heavy atom. The van der Waals surface area contributed by atoms with E-state index >= 15 is 0 Å². The minimum absolute atomic E-state index is 0.153. The van der Waals surface area contributed by atoms with Gasteiger partial charge >= 0.3 is 0 Å². The number of hydrogen-bond acceptors (Lipinski definition) is 1. The van der Waals surface area contributed by atoms with Gasteiger partial charge in [0.1, 0.15) is 6.61 Å². The molecule has 0 bridgehead atoms.